The molecule has 0 aliphatic rings. The van der Waals surface area contributed by atoms with Gasteiger partial charge in [0, 0.05) is 17.3 Å². The molecule has 0 spiro atoms. The van der Waals surface area contributed by atoms with E-state index < -0.39 is 17.7 Å². The predicted molar refractivity (Wildman–Crippen MR) is 95.6 cm³/mol. The van der Waals surface area contributed by atoms with Crippen LogP contribution in [0.3, 0.4) is 0 Å². The number of hydrogen-bond acceptors (Lipinski definition) is 4. The highest BCUT2D eigenvalue weighted by Gasteiger charge is 2.33. The highest BCUT2D eigenvalue weighted by Crippen LogP contribution is 2.36. The lowest BCUT2D eigenvalue weighted by molar-refractivity contribution is -0.136. The number of alkyl halides is 3. The topological polar surface area (TPSA) is 51.2 Å². The Bertz CT molecular complexity index is 1050. The largest absolute Gasteiger partial charge is 0.422 e. The Labute approximate surface area is 152 Å². The maximum absolute atomic E-state index is 13.2. The minimum Gasteiger partial charge on any atom is -0.422 e. The van der Waals surface area contributed by atoms with Gasteiger partial charge in [-0.15, -0.1) is 0 Å². The number of anilines is 2. The smallest absolute Gasteiger partial charge is 0.418 e. The number of pyridine rings is 1. The number of carbonyl (C=O) groups excluding carboxylic acids is 1. The molecule has 0 radical (unpaired) electrons. The fourth-order valence-corrected chi connectivity index (χ4v) is 2.59. The lowest BCUT2D eigenvalue weighted by Gasteiger charge is -2.14. The molecule has 0 saturated heterocycles. The molecule has 27 heavy (non-hydrogen) atoms. The van der Waals surface area contributed by atoms with Gasteiger partial charge in [0.1, 0.15) is 6.26 Å². The Morgan fingerprint density at radius 3 is 2.63 bits per heavy atom. The molecule has 1 aromatic heterocycles. The number of nitrogens with zero attached hydrogens (tertiary/aromatic N) is 1. The molecule has 0 amide bonds. The van der Waals surface area contributed by atoms with Crippen molar-refractivity contribution < 1.29 is 22.7 Å². The standard InChI is InChI=1S/C20H13F3N2O2/c1-2-12-27-19(26)14-6-3-4-9-16(14)25-17-10-11-24-18-13(17)7-5-8-15(18)20(21,22)23/h3-12H,1H2,(H,24,25). The fraction of sp³-hybridized carbons (Fsp3) is 0.0500. The van der Waals surface area contributed by atoms with Crippen molar-refractivity contribution in [2.45, 2.75) is 6.18 Å². The second-order valence-corrected chi connectivity index (χ2v) is 5.46. The number of esters is 1. The number of nitrogens with one attached hydrogen (secondary N) is 1. The molecule has 136 valence electrons. The number of aromatic nitrogens is 1. The second kappa shape index (κ2) is 7.35. The minimum atomic E-state index is -4.52. The van der Waals surface area contributed by atoms with Gasteiger partial charge in [-0.05, 0) is 24.3 Å². The van der Waals surface area contributed by atoms with Crippen molar-refractivity contribution in [2.24, 2.45) is 0 Å². The molecule has 0 unspecified atom stereocenters. The first-order chi connectivity index (χ1) is 12.9. The highest BCUT2D eigenvalue weighted by atomic mass is 19.4. The first-order valence-electron chi connectivity index (χ1n) is 7.78. The van der Waals surface area contributed by atoms with Crippen LogP contribution in [0.2, 0.25) is 0 Å². The van der Waals surface area contributed by atoms with Gasteiger partial charge in [0.2, 0.25) is 0 Å². The minimum absolute atomic E-state index is 0.176. The average Bonchev–Trinajstić information content (AvgIpc) is 2.65. The number of carbonyl (C=O) groups is 1. The lowest BCUT2D eigenvalue weighted by atomic mass is 10.1. The molecule has 1 heterocycles. The Hall–Kier alpha value is -3.57. The van der Waals surface area contributed by atoms with Crippen LogP contribution in [-0.2, 0) is 10.9 Å². The molecule has 0 fully saturated rings. The van der Waals surface area contributed by atoms with Crippen molar-refractivity contribution in [1.29, 1.82) is 0 Å². The molecule has 0 aliphatic heterocycles. The normalized spacial score (nSPS) is 10.9. The summed E-state index contributed by atoms with van der Waals surface area (Å²) in [4.78, 5) is 16.0. The fourth-order valence-electron chi connectivity index (χ4n) is 2.59. The van der Waals surface area contributed by atoms with Crippen LogP contribution >= 0.6 is 0 Å². The molecule has 3 aromatic rings. The number of para-hydroxylation sites is 2. The van der Waals surface area contributed by atoms with Gasteiger partial charge >= 0.3 is 12.1 Å². The van der Waals surface area contributed by atoms with Crippen LogP contribution in [0.15, 0.2) is 73.3 Å². The molecular weight excluding hydrogens is 357 g/mol. The molecule has 0 bridgehead atoms. The molecule has 0 saturated carbocycles. The van der Waals surface area contributed by atoms with Crippen LogP contribution in [0.25, 0.3) is 10.9 Å². The molecule has 3 rings (SSSR count). The summed E-state index contributed by atoms with van der Waals surface area (Å²) in [7, 11) is 0. The maximum atomic E-state index is 13.2. The van der Waals surface area contributed by atoms with Gasteiger partial charge < -0.3 is 10.1 Å². The van der Waals surface area contributed by atoms with Crippen molar-refractivity contribution in [3.63, 3.8) is 0 Å². The van der Waals surface area contributed by atoms with E-state index in [2.05, 4.69) is 22.6 Å². The number of rotatable bonds is 4. The zero-order valence-corrected chi connectivity index (χ0v) is 13.9. The lowest BCUT2D eigenvalue weighted by Crippen LogP contribution is -2.08. The van der Waals surface area contributed by atoms with E-state index in [0.717, 1.165) is 12.3 Å². The Morgan fingerprint density at radius 2 is 1.89 bits per heavy atom. The summed E-state index contributed by atoms with van der Waals surface area (Å²) < 4.78 is 44.6. The zero-order valence-electron chi connectivity index (χ0n) is 13.9. The van der Waals surface area contributed by atoms with E-state index in [1.807, 2.05) is 0 Å². The Kier molecular flexibility index (Phi) is 4.96. The predicted octanol–water partition coefficient (Wildman–Crippen LogP) is 5.45. The van der Waals surface area contributed by atoms with Crippen LogP contribution in [-0.4, -0.2) is 11.0 Å². The number of halogens is 3. The van der Waals surface area contributed by atoms with E-state index in [1.165, 1.54) is 30.5 Å². The van der Waals surface area contributed by atoms with Crippen molar-refractivity contribution in [1.82, 2.24) is 4.98 Å². The number of benzene rings is 2. The number of hydrogen-bond donors (Lipinski definition) is 1. The monoisotopic (exact) mass is 370 g/mol. The van der Waals surface area contributed by atoms with E-state index in [-0.39, 0.29) is 16.5 Å². The number of ether oxygens (including phenoxy) is 1. The molecular formula is C20H13F3N2O2. The second-order valence-electron chi connectivity index (χ2n) is 5.46. The van der Waals surface area contributed by atoms with Crippen LogP contribution in [0.5, 0.6) is 0 Å². The van der Waals surface area contributed by atoms with Crippen LogP contribution in [0.4, 0.5) is 24.5 Å². The molecule has 0 atom stereocenters. The van der Waals surface area contributed by atoms with Crippen LogP contribution < -0.4 is 5.32 Å². The van der Waals surface area contributed by atoms with Crippen LogP contribution in [0, 0.1) is 0 Å². The first kappa shape index (κ1) is 18.2. The molecule has 2 aromatic carbocycles. The zero-order chi connectivity index (χ0) is 19.4. The van der Waals surface area contributed by atoms with Gasteiger partial charge in [-0.1, -0.05) is 36.6 Å². The summed E-state index contributed by atoms with van der Waals surface area (Å²) >= 11 is 0. The SMILES string of the molecule is C=C=COC(=O)c1ccccc1Nc1ccnc2c(C(F)(F)F)cccc12. The summed E-state index contributed by atoms with van der Waals surface area (Å²) in [5, 5.41) is 3.27. The van der Waals surface area contributed by atoms with Crippen molar-refractivity contribution in [2.75, 3.05) is 5.32 Å². The Balaban J connectivity index is 2.06. The van der Waals surface area contributed by atoms with Gasteiger partial charge in [0.05, 0.1) is 22.3 Å². The summed E-state index contributed by atoms with van der Waals surface area (Å²) in [5.74, 6) is -0.649. The average molecular weight is 370 g/mol. The summed E-state index contributed by atoms with van der Waals surface area (Å²) in [6.45, 7) is 3.31. The summed E-state index contributed by atoms with van der Waals surface area (Å²) in [5.41, 5.74) is 2.30. The van der Waals surface area contributed by atoms with Crippen molar-refractivity contribution in [3.8, 4) is 0 Å². The maximum Gasteiger partial charge on any atom is 0.418 e. The molecule has 7 heteroatoms. The third-order valence-corrected chi connectivity index (χ3v) is 3.74. The summed E-state index contributed by atoms with van der Waals surface area (Å²) in [6.07, 6.45) is -2.22. The van der Waals surface area contributed by atoms with Crippen molar-refractivity contribution in [3.05, 3.63) is 84.4 Å². The molecule has 4 nitrogen and oxygen atoms in total. The first-order valence-corrected chi connectivity index (χ1v) is 7.78. The quantitative estimate of drug-likeness (QED) is 0.377. The van der Waals surface area contributed by atoms with Gasteiger partial charge in [-0.2, -0.15) is 13.2 Å². The highest BCUT2D eigenvalue weighted by molar-refractivity contribution is 6.00. The third-order valence-electron chi connectivity index (χ3n) is 3.74. The van der Waals surface area contributed by atoms with Gasteiger partial charge in [0.25, 0.3) is 0 Å². The van der Waals surface area contributed by atoms with E-state index in [9.17, 15) is 18.0 Å². The number of fused-ring (bicyclic) bond motifs is 1. The van der Waals surface area contributed by atoms with E-state index in [1.54, 1.807) is 18.2 Å². The Morgan fingerprint density at radius 1 is 1.11 bits per heavy atom. The van der Waals surface area contributed by atoms with Gasteiger partial charge in [-0.3, -0.25) is 4.98 Å². The van der Waals surface area contributed by atoms with E-state index in [4.69, 9.17) is 4.74 Å². The summed E-state index contributed by atoms with van der Waals surface area (Å²) in [6, 6.07) is 11.8. The van der Waals surface area contributed by atoms with Gasteiger partial charge in [0.15, 0.2) is 0 Å². The van der Waals surface area contributed by atoms with Gasteiger partial charge in [-0.25, -0.2) is 4.79 Å². The van der Waals surface area contributed by atoms with E-state index >= 15 is 0 Å². The van der Waals surface area contributed by atoms with Crippen LogP contribution in [0.1, 0.15) is 15.9 Å². The molecule has 0 aliphatic carbocycles. The molecule has 1 N–H and O–H groups in total. The third kappa shape index (κ3) is 3.83. The van der Waals surface area contributed by atoms with Crippen molar-refractivity contribution >= 4 is 28.2 Å². The van der Waals surface area contributed by atoms with E-state index in [0.29, 0.717) is 11.4 Å².